The van der Waals surface area contributed by atoms with Gasteiger partial charge >= 0.3 is 0 Å². The fourth-order valence-corrected chi connectivity index (χ4v) is 2.24. The van der Waals surface area contributed by atoms with Crippen molar-refractivity contribution in [3.63, 3.8) is 0 Å². The summed E-state index contributed by atoms with van der Waals surface area (Å²) in [6.07, 6.45) is 1.77. The van der Waals surface area contributed by atoms with Gasteiger partial charge in [0.05, 0.1) is 19.3 Å². The molecule has 0 saturated heterocycles. The van der Waals surface area contributed by atoms with Crippen LogP contribution in [0.4, 0.5) is 0 Å². The molecule has 0 saturated carbocycles. The Morgan fingerprint density at radius 3 is 2.52 bits per heavy atom. The fraction of sp³-hybridized carbons (Fsp3) is 0.235. The van der Waals surface area contributed by atoms with Gasteiger partial charge in [-0.15, -0.1) is 0 Å². The molecule has 3 rings (SSSR count). The molecule has 0 unspecified atom stereocenters. The van der Waals surface area contributed by atoms with Crippen LogP contribution in [0.3, 0.4) is 0 Å². The van der Waals surface area contributed by atoms with Gasteiger partial charge in [-0.25, -0.2) is 4.98 Å². The van der Waals surface area contributed by atoms with E-state index in [0.29, 0.717) is 12.4 Å². The molecule has 4 heteroatoms. The van der Waals surface area contributed by atoms with Gasteiger partial charge in [0.2, 0.25) is 5.89 Å². The molecule has 1 aromatic carbocycles. The van der Waals surface area contributed by atoms with Gasteiger partial charge in [-0.1, -0.05) is 30.3 Å². The summed E-state index contributed by atoms with van der Waals surface area (Å²) in [6, 6.07) is 14.0. The average molecular weight is 282 g/mol. The lowest BCUT2D eigenvalue weighted by Gasteiger charge is -2.12. The smallest absolute Gasteiger partial charge is 0.209 e. The maximum atomic E-state index is 5.80. The first kappa shape index (κ1) is 13.6. The number of hydrogen-bond acceptors (Lipinski definition) is 4. The molecule has 0 atom stereocenters. The first-order chi connectivity index (χ1) is 10.2. The van der Waals surface area contributed by atoms with Crippen LogP contribution >= 0.6 is 0 Å². The van der Waals surface area contributed by atoms with Crippen molar-refractivity contribution in [3.8, 4) is 11.3 Å². The number of oxazole rings is 1. The van der Waals surface area contributed by atoms with Gasteiger partial charge < -0.3 is 8.83 Å². The zero-order chi connectivity index (χ0) is 14.7. The van der Waals surface area contributed by atoms with Crippen molar-refractivity contribution < 1.29 is 8.83 Å². The number of rotatable bonds is 5. The Morgan fingerprint density at radius 2 is 1.81 bits per heavy atom. The molecule has 0 aliphatic heterocycles. The number of nitrogens with zero attached hydrogens (tertiary/aromatic N) is 2. The second-order valence-electron chi connectivity index (χ2n) is 5.17. The molecular formula is C17H18N2O2. The molecular weight excluding hydrogens is 264 g/mol. The summed E-state index contributed by atoms with van der Waals surface area (Å²) < 4.78 is 11.4. The highest BCUT2D eigenvalue weighted by molar-refractivity contribution is 5.55. The predicted molar refractivity (Wildman–Crippen MR) is 80.6 cm³/mol. The summed E-state index contributed by atoms with van der Waals surface area (Å²) in [6.45, 7) is 3.33. The molecule has 0 radical (unpaired) electrons. The van der Waals surface area contributed by atoms with Gasteiger partial charge in [0.25, 0.3) is 0 Å². The molecule has 0 aliphatic carbocycles. The quantitative estimate of drug-likeness (QED) is 0.712. The van der Waals surface area contributed by atoms with Crippen molar-refractivity contribution >= 4 is 0 Å². The summed E-state index contributed by atoms with van der Waals surface area (Å²) >= 11 is 0. The van der Waals surface area contributed by atoms with Gasteiger partial charge in [-0.2, -0.15) is 0 Å². The zero-order valence-corrected chi connectivity index (χ0v) is 12.2. The van der Waals surface area contributed by atoms with E-state index in [0.717, 1.165) is 29.4 Å². The van der Waals surface area contributed by atoms with E-state index < -0.39 is 0 Å². The van der Waals surface area contributed by atoms with E-state index in [9.17, 15) is 0 Å². The lowest BCUT2D eigenvalue weighted by molar-refractivity contribution is 0.259. The van der Waals surface area contributed by atoms with E-state index in [1.165, 1.54) is 0 Å². The molecule has 0 N–H and O–H groups in total. The second kappa shape index (κ2) is 5.97. The van der Waals surface area contributed by atoms with Crippen molar-refractivity contribution in [1.29, 1.82) is 0 Å². The molecule has 0 aliphatic rings. The van der Waals surface area contributed by atoms with E-state index in [1.54, 1.807) is 6.20 Å². The molecule has 0 spiro atoms. The maximum absolute atomic E-state index is 5.80. The molecule has 4 nitrogen and oxygen atoms in total. The normalized spacial score (nSPS) is 11.2. The van der Waals surface area contributed by atoms with Gasteiger partial charge in [0.15, 0.2) is 5.76 Å². The lowest BCUT2D eigenvalue weighted by atomic mass is 10.2. The van der Waals surface area contributed by atoms with Crippen LogP contribution in [0.2, 0.25) is 0 Å². The summed E-state index contributed by atoms with van der Waals surface area (Å²) in [5.41, 5.74) is 1.04. The van der Waals surface area contributed by atoms with Gasteiger partial charge in [0, 0.05) is 5.56 Å². The number of benzene rings is 1. The Hall–Kier alpha value is -2.33. The molecule has 21 heavy (non-hydrogen) atoms. The summed E-state index contributed by atoms with van der Waals surface area (Å²) in [5.74, 6) is 3.39. The minimum Gasteiger partial charge on any atom is -0.465 e. The Labute approximate surface area is 124 Å². The molecule has 2 aromatic heterocycles. The SMILES string of the molecule is Cc1ccc(CN(C)Cc2ncc(-c3ccccc3)o2)o1. The van der Waals surface area contributed by atoms with E-state index in [-0.39, 0.29) is 0 Å². The lowest BCUT2D eigenvalue weighted by Crippen LogP contribution is -2.16. The number of aryl methyl sites for hydroxylation is 1. The van der Waals surface area contributed by atoms with Crippen LogP contribution in [-0.2, 0) is 13.1 Å². The first-order valence-corrected chi connectivity index (χ1v) is 6.95. The van der Waals surface area contributed by atoms with E-state index in [1.807, 2.05) is 56.4 Å². The van der Waals surface area contributed by atoms with Crippen molar-refractivity contribution in [2.45, 2.75) is 20.0 Å². The standard InChI is InChI=1S/C17H18N2O2/c1-13-8-9-15(20-13)11-19(2)12-17-18-10-16(21-17)14-6-4-3-5-7-14/h3-10H,11-12H2,1-2H3. The highest BCUT2D eigenvalue weighted by Gasteiger charge is 2.10. The van der Waals surface area contributed by atoms with Gasteiger partial charge in [0.1, 0.15) is 11.5 Å². The highest BCUT2D eigenvalue weighted by Crippen LogP contribution is 2.20. The Morgan fingerprint density at radius 1 is 1.00 bits per heavy atom. The molecule has 3 aromatic rings. The topological polar surface area (TPSA) is 42.4 Å². The van der Waals surface area contributed by atoms with Crippen LogP contribution in [0.5, 0.6) is 0 Å². The largest absolute Gasteiger partial charge is 0.465 e. The van der Waals surface area contributed by atoms with E-state index in [4.69, 9.17) is 8.83 Å². The van der Waals surface area contributed by atoms with Crippen LogP contribution in [0.1, 0.15) is 17.4 Å². The summed E-state index contributed by atoms with van der Waals surface area (Å²) in [4.78, 5) is 6.45. The third kappa shape index (κ3) is 3.41. The van der Waals surface area contributed by atoms with Crippen molar-refractivity contribution in [2.75, 3.05) is 7.05 Å². The minimum atomic E-state index is 0.645. The summed E-state index contributed by atoms with van der Waals surface area (Å²) in [5, 5.41) is 0. The molecule has 0 amide bonds. The van der Waals surface area contributed by atoms with Crippen LogP contribution < -0.4 is 0 Å². The second-order valence-corrected chi connectivity index (χ2v) is 5.17. The highest BCUT2D eigenvalue weighted by atomic mass is 16.4. The first-order valence-electron chi connectivity index (χ1n) is 6.95. The van der Waals surface area contributed by atoms with Crippen LogP contribution in [0.15, 0.2) is 57.5 Å². The van der Waals surface area contributed by atoms with E-state index >= 15 is 0 Å². The minimum absolute atomic E-state index is 0.645. The van der Waals surface area contributed by atoms with Crippen molar-refractivity contribution in [3.05, 3.63) is 66.1 Å². The Kier molecular flexibility index (Phi) is 3.88. The van der Waals surface area contributed by atoms with Crippen molar-refractivity contribution in [1.82, 2.24) is 9.88 Å². The molecule has 0 bridgehead atoms. The van der Waals surface area contributed by atoms with Gasteiger partial charge in [-0.05, 0) is 26.1 Å². The van der Waals surface area contributed by atoms with Crippen molar-refractivity contribution in [2.24, 2.45) is 0 Å². The van der Waals surface area contributed by atoms with Crippen LogP contribution in [0.25, 0.3) is 11.3 Å². The van der Waals surface area contributed by atoms with Crippen LogP contribution in [-0.4, -0.2) is 16.9 Å². The molecule has 0 fully saturated rings. The molecule has 108 valence electrons. The zero-order valence-electron chi connectivity index (χ0n) is 12.2. The maximum Gasteiger partial charge on any atom is 0.209 e. The average Bonchev–Trinajstić information content (AvgIpc) is 3.09. The Bertz CT molecular complexity index is 700. The number of aromatic nitrogens is 1. The van der Waals surface area contributed by atoms with Gasteiger partial charge in [-0.3, -0.25) is 4.90 Å². The third-order valence-electron chi connectivity index (χ3n) is 3.24. The third-order valence-corrected chi connectivity index (χ3v) is 3.24. The number of hydrogen-bond donors (Lipinski definition) is 0. The van der Waals surface area contributed by atoms with Crippen LogP contribution in [0, 0.1) is 6.92 Å². The summed E-state index contributed by atoms with van der Waals surface area (Å²) in [7, 11) is 2.02. The predicted octanol–water partition coefficient (Wildman–Crippen LogP) is 3.88. The number of furan rings is 1. The Balaban J connectivity index is 1.64. The fourth-order valence-electron chi connectivity index (χ4n) is 2.24. The monoisotopic (exact) mass is 282 g/mol. The molecule has 2 heterocycles. The van der Waals surface area contributed by atoms with E-state index in [2.05, 4.69) is 9.88 Å².